The molecule has 6 heteroatoms. The van der Waals surface area contributed by atoms with Crippen LogP contribution >= 0.6 is 0 Å². The highest BCUT2D eigenvalue weighted by Crippen LogP contribution is 2.22. The molecule has 0 bridgehead atoms. The Hall–Kier alpha value is -2.24. The Bertz CT molecular complexity index is 696. The van der Waals surface area contributed by atoms with Gasteiger partial charge in [-0.25, -0.2) is 4.79 Å². The number of amides is 2. The summed E-state index contributed by atoms with van der Waals surface area (Å²) in [6, 6.07) is 7.40. The largest absolute Gasteiger partial charge is 0.493 e. The molecule has 1 aromatic rings. The highest BCUT2D eigenvalue weighted by atomic mass is 16.6. The standard InChI is InChI=1S/C23H36N2O4/c1-17(2)16-28-20-11-7-10-19(13-20)21(26)25-12-8-9-18(15-25)14-24(6)22(27)29-23(3,4)5/h7,10-11,13,17-18H,8-9,12,14-16H2,1-6H3. The third-order valence-electron chi connectivity index (χ3n) is 4.71. The van der Waals surface area contributed by atoms with Gasteiger partial charge in [-0.3, -0.25) is 4.79 Å². The molecule has 1 unspecified atom stereocenters. The summed E-state index contributed by atoms with van der Waals surface area (Å²) >= 11 is 0. The van der Waals surface area contributed by atoms with Gasteiger partial charge in [0.05, 0.1) is 6.61 Å². The Kier molecular flexibility index (Phi) is 7.94. The summed E-state index contributed by atoms with van der Waals surface area (Å²) in [5, 5.41) is 0. The summed E-state index contributed by atoms with van der Waals surface area (Å²) in [5.41, 5.74) is 0.134. The molecule has 1 saturated heterocycles. The molecule has 162 valence electrons. The molecule has 1 aliphatic heterocycles. The van der Waals surface area contributed by atoms with Crippen molar-refractivity contribution in [2.45, 2.75) is 53.1 Å². The number of carbonyl (C=O) groups excluding carboxylic acids is 2. The minimum atomic E-state index is -0.511. The Labute approximate surface area is 175 Å². The predicted octanol–water partition coefficient (Wildman–Crippen LogP) is 4.44. The molecule has 1 aromatic carbocycles. The van der Waals surface area contributed by atoms with Gasteiger partial charge in [0.1, 0.15) is 11.4 Å². The SMILES string of the molecule is CC(C)COc1cccc(C(=O)N2CCCC(CN(C)C(=O)OC(C)(C)C)C2)c1. The summed E-state index contributed by atoms with van der Waals surface area (Å²) in [7, 11) is 1.75. The lowest BCUT2D eigenvalue weighted by molar-refractivity contribution is 0.0244. The van der Waals surface area contributed by atoms with Gasteiger partial charge in [0.2, 0.25) is 0 Å². The van der Waals surface area contributed by atoms with E-state index < -0.39 is 5.60 Å². The summed E-state index contributed by atoms with van der Waals surface area (Å²) in [4.78, 5) is 28.7. The quantitative estimate of drug-likeness (QED) is 0.703. The smallest absolute Gasteiger partial charge is 0.410 e. The van der Waals surface area contributed by atoms with Crippen LogP contribution in [0.4, 0.5) is 4.79 Å². The van der Waals surface area contributed by atoms with Gasteiger partial charge in [0.15, 0.2) is 0 Å². The van der Waals surface area contributed by atoms with Crippen molar-refractivity contribution in [1.82, 2.24) is 9.80 Å². The molecule has 1 atom stereocenters. The van der Waals surface area contributed by atoms with Gasteiger partial charge in [-0.1, -0.05) is 19.9 Å². The minimum absolute atomic E-state index is 0.0182. The highest BCUT2D eigenvalue weighted by Gasteiger charge is 2.28. The van der Waals surface area contributed by atoms with Crippen LogP contribution in [0.3, 0.4) is 0 Å². The number of ether oxygens (including phenoxy) is 2. The monoisotopic (exact) mass is 404 g/mol. The fourth-order valence-electron chi connectivity index (χ4n) is 3.36. The third kappa shape index (κ3) is 7.59. The zero-order valence-corrected chi connectivity index (χ0v) is 18.7. The maximum Gasteiger partial charge on any atom is 0.410 e. The molecule has 1 aliphatic rings. The van der Waals surface area contributed by atoms with E-state index in [1.54, 1.807) is 11.9 Å². The van der Waals surface area contributed by atoms with Crippen LogP contribution in [0.2, 0.25) is 0 Å². The summed E-state index contributed by atoms with van der Waals surface area (Å²) < 4.78 is 11.2. The van der Waals surface area contributed by atoms with Crippen molar-refractivity contribution >= 4 is 12.0 Å². The van der Waals surface area contributed by atoms with E-state index in [1.165, 1.54) is 0 Å². The van der Waals surface area contributed by atoms with Crippen LogP contribution < -0.4 is 4.74 Å². The second kappa shape index (κ2) is 9.99. The average molecular weight is 405 g/mol. The Morgan fingerprint density at radius 1 is 1.28 bits per heavy atom. The summed E-state index contributed by atoms with van der Waals surface area (Å²) in [5.74, 6) is 1.41. The second-order valence-electron chi connectivity index (χ2n) is 9.35. The number of nitrogens with zero attached hydrogens (tertiary/aromatic N) is 2. The van der Waals surface area contributed by atoms with E-state index in [1.807, 2.05) is 49.9 Å². The van der Waals surface area contributed by atoms with Gasteiger partial charge >= 0.3 is 6.09 Å². The molecule has 2 amide bonds. The number of hydrogen-bond acceptors (Lipinski definition) is 4. The molecule has 1 heterocycles. The summed E-state index contributed by atoms with van der Waals surface area (Å²) in [6.07, 6.45) is 1.60. The molecular formula is C23H36N2O4. The third-order valence-corrected chi connectivity index (χ3v) is 4.71. The molecule has 0 aliphatic carbocycles. The highest BCUT2D eigenvalue weighted by molar-refractivity contribution is 5.94. The maximum atomic E-state index is 13.0. The van der Waals surface area contributed by atoms with Crippen LogP contribution in [0.25, 0.3) is 0 Å². The van der Waals surface area contributed by atoms with Gasteiger partial charge < -0.3 is 19.3 Å². The van der Waals surface area contributed by atoms with Crippen molar-refractivity contribution < 1.29 is 19.1 Å². The van der Waals surface area contributed by atoms with Crippen molar-refractivity contribution in [1.29, 1.82) is 0 Å². The first kappa shape index (κ1) is 23.0. The van der Waals surface area contributed by atoms with Crippen molar-refractivity contribution in [3.63, 3.8) is 0 Å². The number of piperidine rings is 1. The van der Waals surface area contributed by atoms with Crippen LogP contribution in [0.1, 0.15) is 57.8 Å². The fraction of sp³-hybridized carbons (Fsp3) is 0.652. The Morgan fingerprint density at radius 2 is 2.00 bits per heavy atom. The molecule has 0 saturated carbocycles. The van der Waals surface area contributed by atoms with E-state index in [0.29, 0.717) is 31.2 Å². The molecule has 0 radical (unpaired) electrons. The molecule has 0 N–H and O–H groups in total. The van der Waals surface area contributed by atoms with Crippen LogP contribution in [-0.4, -0.2) is 60.7 Å². The van der Waals surface area contributed by atoms with Crippen LogP contribution in [0, 0.1) is 11.8 Å². The van der Waals surface area contributed by atoms with Crippen molar-refractivity contribution in [3.05, 3.63) is 29.8 Å². The number of rotatable bonds is 6. The molecular weight excluding hydrogens is 368 g/mol. The van der Waals surface area contributed by atoms with E-state index in [9.17, 15) is 9.59 Å². The lowest BCUT2D eigenvalue weighted by Crippen LogP contribution is -2.45. The second-order valence-corrected chi connectivity index (χ2v) is 9.35. The van der Waals surface area contributed by atoms with Gasteiger partial charge in [-0.2, -0.15) is 0 Å². The lowest BCUT2D eigenvalue weighted by atomic mass is 9.97. The van der Waals surface area contributed by atoms with E-state index in [0.717, 1.165) is 25.1 Å². The molecule has 0 aromatic heterocycles. The van der Waals surface area contributed by atoms with Crippen molar-refractivity contribution in [2.24, 2.45) is 11.8 Å². The van der Waals surface area contributed by atoms with Crippen LogP contribution in [-0.2, 0) is 4.74 Å². The first-order valence-corrected chi connectivity index (χ1v) is 10.5. The first-order chi connectivity index (χ1) is 13.5. The average Bonchev–Trinajstić information content (AvgIpc) is 2.65. The topological polar surface area (TPSA) is 59.1 Å². The number of hydrogen-bond donors (Lipinski definition) is 0. The molecule has 1 fully saturated rings. The van der Waals surface area contributed by atoms with E-state index in [4.69, 9.17) is 9.47 Å². The van der Waals surface area contributed by atoms with Gasteiger partial charge in [0.25, 0.3) is 5.91 Å². The van der Waals surface area contributed by atoms with E-state index >= 15 is 0 Å². The van der Waals surface area contributed by atoms with Crippen LogP contribution in [0.15, 0.2) is 24.3 Å². The Morgan fingerprint density at radius 3 is 2.66 bits per heavy atom. The number of carbonyl (C=O) groups is 2. The lowest BCUT2D eigenvalue weighted by Gasteiger charge is -2.35. The predicted molar refractivity (Wildman–Crippen MR) is 114 cm³/mol. The summed E-state index contributed by atoms with van der Waals surface area (Å²) in [6.45, 7) is 12.4. The first-order valence-electron chi connectivity index (χ1n) is 10.5. The van der Waals surface area contributed by atoms with Gasteiger partial charge in [0, 0.05) is 32.2 Å². The molecule has 29 heavy (non-hydrogen) atoms. The van der Waals surface area contributed by atoms with E-state index in [-0.39, 0.29) is 17.9 Å². The normalized spacial score (nSPS) is 17.2. The minimum Gasteiger partial charge on any atom is -0.493 e. The zero-order chi connectivity index (χ0) is 21.6. The Balaban J connectivity index is 1.95. The molecule has 0 spiro atoms. The van der Waals surface area contributed by atoms with Crippen LogP contribution in [0.5, 0.6) is 5.75 Å². The zero-order valence-electron chi connectivity index (χ0n) is 18.7. The van der Waals surface area contributed by atoms with Gasteiger partial charge in [-0.05, 0) is 63.6 Å². The molecule has 6 nitrogen and oxygen atoms in total. The van der Waals surface area contributed by atoms with Crippen molar-refractivity contribution in [3.8, 4) is 5.75 Å². The molecule has 2 rings (SSSR count). The fourth-order valence-corrected chi connectivity index (χ4v) is 3.36. The number of likely N-dealkylation sites (tertiary alicyclic amines) is 1. The van der Waals surface area contributed by atoms with Crippen molar-refractivity contribution in [2.75, 3.05) is 33.3 Å². The maximum absolute atomic E-state index is 13.0. The van der Waals surface area contributed by atoms with Gasteiger partial charge in [-0.15, -0.1) is 0 Å². The number of benzene rings is 1. The van der Waals surface area contributed by atoms with E-state index in [2.05, 4.69) is 13.8 Å².